The van der Waals surface area contributed by atoms with Gasteiger partial charge >= 0.3 is 0 Å². The van der Waals surface area contributed by atoms with Crippen LogP contribution < -0.4 is 5.56 Å². The monoisotopic (exact) mass is 242 g/mol. The van der Waals surface area contributed by atoms with Crippen molar-refractivity contribution >= 4 is 0 Å². The fourth-order valence-corrected chi connectivity index (χ4v) is 2.71. The molecule has 1 saturated carbocycles. The summed E-state index contributed by atoms with van der Waals surface area (Å²) in [6.07, 6.45) is 2.40. The molecule has 1 aliphatic rings. The zero-order valence-electron chi connectivity index (χ0n) is 11.1. The van der Waals surface area contributed by atoms with Crippen LogP contribution in [0.5, 0.6) is 0 Å². The van der Waals surface area contributed by atoms with Crippen LogP contribution in [0.3, 0.4) is 0 Å². The summed E-state index contributed by atoms with van der Waals surface area (Å²) < 4.78 is 1.69. The number of hydrogen-bond donors (Lipinski definition) is 1. The second-order valence-electron chi connectivity index (χ2n) is 5.41. The maximum atomic E-state index is 12.1. The largest absolute Gasteiger partial charge is 0.295 e. The molecule has 1 aliphatic carbocycles. The predicted octanol–water partition coefficient (Wildman–Crippen LogP) is 2.97. The molecule has 3 nitrogen and oxygen atoms in total. The lowest BCUT2D eigenvalue weighted by molar-refractivity contribution is 0.805. The van der Waals surface area contributed by atoms with Crippen molar-refractivity contribution in [1.29, 1.82) is 0 Å². The van der Waals surface area contributed by atoms with Gasteiger partial charge in [-0.1, -0.05) is 17.7 Å². The first-order chi connectivity index (χ1) is 8.56. The zero-order chi connectivity index (χ0) is 12.9. The first-order valence-corrected chi connectivity index (χ1v) is 6.46. The summed E-state index contributed by atoms with van der Waals surface area (Å²) in [7, 11) is 0. The van der Waals surface area contributed by atoms with Crippen LogP contribution in [0.25, 0.3) is 5.69 Å². The molecular formula is C15H18N2O. The molecule has 1 heterocycles. The molecule has 0 atom stereocenters. The molecule has 1 aromatic heterocycles. The molecule has 0 radical (unpaired) electrons. The lowest BCUT2D eigenvalue weighted by Crippen LogP contribution is -2.16. The molecule has 3 rings (SSSR count). The number of rotatable bonds is 2. The van der Waals surface area contributed by atoms with Gasteiger partial charge in [0, 0.05) is 17.7 Å². The van der Waals surface area contributed by atoms with Crippen molar-refractivity contribution in [3.63, 3.8) is 0 Å². The summed E-state index contributed by atoms with van der Waals surface area (Å²) in [6, 6.07) is 5.98. The standard InChI is InChI=1S/C15H18N2O/c1-9-6-10(2)15(11(3)7-9)17-14(18)8-13(16-17)12-4-5-12/h6-8,12,16H,4-5H2,1-3H3. The van der Waals surface area contributed by atoms with Crippen molar-refractivity contribution in [3.05, 3.63) is 50.9 Å². The highest BCUT2D eigenvalue weighted by molar-refractivity contribution is 5.48. The maximum absolute atomic E-state index is 12.1. The number of nitrogens with one attached hydrogen (secondary N) is 1. The highest BCUT2D eigenvalue weighted by Gasteiger charge is 2.26. The molecule has 0 saturated heterocycles. The van der Waals surface area contributed by atoms with Crippen molar-refractivity contribution in [1.82, 2.24) is 9.78 Å². The summed E-state index contributed by atoms with van der Waals surface area (Å²) in [5, 5.41) is 3.26. The molecule has 0 aliphatic heterocycles. The second kappa shape index (κ2) is 3.87. The van der Waals surface area contributed by atoms with Crippen molar-refractivity contribution in [2.24, 2.45) is 0 Å². The molecule has 2 aromatic rings. The van der Waals surface area contributed by atoms with Crippen LogP contribution in [-0.4, -0.2) is 9.78 Å². The highest BCUT2D eigenvalue weighted by atomic mass is 16.1. The third kappa shape index (κ3) is 1.80. The first kappa shape index (κ1) is 11.3. The van der Waals surface area contributed by atoms with E-state index in [1.165, 1.54) is 18.4 Å². The van der Waals surface area contributed by atoms with Gasteiger partial charge in [-0.2, -0.15) is 0 Å². The minimum atomic E-state index is 0.0481. The van der Waals surface area contributed by atoms with Crippen molar-refractivity contribution in [2.75, 3.05) is 0 Å². The molecule has 0 bridgehead atoms. The van der Waals surface area contributed by atoms with Gasteiger partial charge in [-0.05, 0) is 44.7 Å². The normalized spacial score (nSPS) is 15.1. The van der Waals surface area contributed by atoms with E-state index in [1.807, 2.05) is 0 Å². The first-order valence-electron chi connectivity index (χ1n) is 6.46. The number of benzene rings is 1. The predicted molar refractivity (Wildman–Crippen MR) is 72.6 cm³/mol. The van der Waals surface area contributed by atoms with Crippen LogP contribution in [0.15, 0.2) is 23.0 Å². The lowest BCUT2D eigenvalue weighted by atomic mass is 10.1. The maximum Gasteiger partial charge on any atom is 0.271 e. The molecule has 1 N–H and O–H groups in total. The number of nitrogens with zero attached hydrogens (tertiary/aromatic N) is 1. The summed E-state index contributed by atoms with van der Waals surface area (Å²) >= 11 is 0. The van der Waals surface area contributed by atoms with Crippen molar-refractivity contribution < 1.29 is 0 Å². The molecular weight excluding hydrogens is 224 g/mol. The number of H-pyrrole nitrogens is 1. The Labute approximate surface area is 106 Å². The number of hydrogen-bond acceptors (Lipinski definition) is 1. The Bertz CT molecular complexity index is 636. The fourth-order valence-electron chi connectivity index (χ4n) is 2.71. The quantitative estimate of drug-likeness (QED) is 0.863. The number of aromatic amines is 1. The van der Waals surface area contributed by atoms with Crippen LogP contribution in [0.2, 0.25) is 0 Å². The Hall–Kier alpha value is -1.77. The molecule has 18 heavy (non-hydrogen) atoms. The van der Waals surface area contributed by atoms with Gasteiger partial charge in [-0.25, -0.2) is 4.68 Å². The van der Waals surface area contributed by atoms with E-state index in [0.29, 0.717) is 5.92 Å². The molecule has 1 fully saturated rings. The average molecular weight is 242 g/mol. The minimum Gasteiger partial charge on any atom is -0.295 e. The summed E-state index contributed by atoms with van der Waals surface area (Å²) in [6.45, 7) is 6.19. The third-order valence-electron chi connectivity index (χ3n) is 3.62. The summed E-state index contributed by atoms with van der Waals surface area (Å²) in [5.41, 5.74) is 5.64. The van der Waals surface area contributed by atoms with Crippen LogP contribution >= 0.6 is 0 Å². The van der Waals surface area contributed by atoms with E-state index >= 15 is 0 Å². The van der Waals surface area contributed by atoms with Gasteiger partial charge in [0.15, 0.2) is 0 Å². The van der Waals surface area contributed by atoms with Crippen LogP contribution in [0, 0.1) is 20.8 Å². The van der Waals surface area contributed by atoms with Crippen LogP contribution in [0.1, 0.15) is 41.1 Å². The van der Waals surface area contributed by atoms with Gasteiger partial charge in [0.1, 0.15) is 0 Å². The molecule has 3 heteroatoms. The van der Waals surface area contributed by atoms with E-state index in [4.69, 9.17) is 0 Å². The number of aromatic nitrogens is 2. The lowest BCUT2D eigenvalue weighted by Gasteiger charge is -2.11. The summed E-state index contributed by atoms with van der Waals surface area (Å²) in [4.78, 5) is 12.1. The SMILES string of the molecule is Cc1cc(C)c(-n2[nH]c(C3CC3)cc2=O)c(C)c1. The van der Waals surface area contributed by atoms with E-state index in [9.17, 15) is 4.79 Å². The van der Waals surface area contributed by atoms with E-state index in [1.54, 1.807) is 10.7 Å². The Morgan fingerprint density at radius 1 is 1.11 bits per heavy atom. The Balaban J connectivity index is 2.17. The van der Waals surface area contributed by atoms with Gasteiger partial charge in [0.05, 0.1) is 5.69 Å². The highest BCUT2D eigenvalue weighted by Crippen LogP contribution is 2.38. The molecule has 94 valence electrons. The summed E-state index contributed by atoms with van der Waals surface area (Å²) in [5.74, 6) is 0.574. The second-order valence-corrected chi connectivity index (χ2v) is 5.41. The van der Waals surface area contributed by atoms with Gasteiger partial charge in [0.25, 0.3) is 5.56 Å². The fraction of sp³-hybridized carbons (Fsp3) is 0.400. The van der Waals surface area contributed by atoms with Crippen molar-refractivity contribution in [2.45, 2.75) is 39.5 Å². The van der Waals surface area contributed by atoms with Gasteiger partial charge in [-0.3, -0.25) is 9.89 Å². The number of aryl methyl sites for hydroxylation is 3. The Kier molecular flexibility index (Phi) is 2.44. The average Bonchev–Trinajstić information content (AvgIpc) is 3.03. The molecule has 0 spiro atoms. The van der Waals surface area contributed by atoms with Gasteiger partial charge < -0.3 is 0 Å². The third-order valence-corrected chi connectivity index (χ3v) is 3.62. The van der Waals surface area contributed by atoms with Gasteiger partial charge in [-0.15, -0.1) is 0 Å². The Morgan fingerprint density at radius 3 is 2.28 bits per heavy atom. The van der Waals surface area contributed by atoms with E-state index in [-0.39, 0.29) is 5.56 Å². The topological polar surface area (TPSA) is 37.8 Å². The van der Waals surface area contributed by atoms with E-state index in [0.717, 1.165) is 22.5 Å². The van der Waals surface area contributed by atoms with Gasteiger partial charge in [0.2, 0.25) is 0 Å². The molecule has 0 amide bonds. The molecule has 1 aromatic carbocycles. The molecule has 0 unspecified atom stereocenters. The van der Waals surface area contributed by atoms with Crippen LogP contribution in [-0.2, 0) is 0 Å². The van der Waals surface area contributed by atoms with E-state index in [2.05, 4.69) is 38.0 Å². The van der Waals surface area contributed by atoms with Crippen molar-refractivity contribution in [3.8, 4) is 5.69 Å². The van der Waals surface area contributed by atoms with Crippen LogP contribution in [0.4, 0.5) is 0 Å². The van der Waals surface area contributed by atoms with E-state index < -0.39 is 0 Å². The zero-order valence-corrected chi connectivity index (χ0v) is 11.1. The Morgan fingerprint density at radius 2 is 1.72 bits per heavy atom. The minimum absolute atomic E-state index is 0.0481. The smallest absolute Gasteiger partial charge is 0.271 e.